The first-order valence-corrected chi connectivity index (χ1v) is 11.2. The first-order chi connectivity index (χ1) is 16.9. The fourth-order valence-electron chi connectivity index (χ4n) is 4.07. The summed E-state index contributed by atoms with van der Waals surface area (Å²) in [5.74, 6) is -1.41. The number of ether oxygens (including phenoxy) is 2. The SMILES string of the molecule is Cn1cc(C(=O)NCCOCCC(=O)O)c(NC(=O)OCC2c3ccccc3-c3ccccc32)n1. The summed E-state index contributed by atoms with van der Waals surface area (Å²) in [4.78, 5) is 35.6. The van der Waals surface area contributed by atoms with E-state index in [9.17, 15) is 14.4 Å². The smallest absolute Gasteiger partial charge is 0.412 e. The average molecular weight is 479 g/mol. The lowest BCUT2D eigenvalue weighted by Crippen LogP contribution is -2.28. The summed E-state index contributed by atoms with van der Waals surface area (Å²) in [6, 6.07) is 16.1. The van der Waals surface area contributed by atoms with Crippen LogP contribution >= 0.6 is 0 Å². The minimum Gasteiger partial charge on any atom is -0.481 e. The Morgan fingerprint density at radius 2 is 1.69 bits per heavy atom. The van der Waals surface area contributed by atoms with E-state index in [1.165, 1.54) is 10.9 Å². The van der Waals surface area contributed by atoms with E-state index in [0.717, 1.165) is 22.3 Å². The summed E-state index contributed by atoms with van der Waals surface area (Å²) in [7, 11) is 1.63. The molecular formula is C25H26N4O6. The highest BCUT2D eigenvalue weighted by atomic mass is 16.5. The van der Waals surface area contributed by atoms with Crippen molar-refractivity contribution in [1.82, 2.24) is 15.1 Å². The Balaban J connectivity index is 1.33. The first kappa shape index (κ1) is 24.0. The molecule has 4 rings (SSSR count). The highest BCUT2D eigenvalue weighted by Gasteiger charge is 2.29. The van der Waals surface area contributed by atoms with Crippen LogP contribution < -0.4 is 10.6 Å². The van der Waals surface area contributed by atoms with Crippen LogP contribution in [0.1, 0.15) is 33.8 Å². The Hall–Kier alpha value is -4.18. The molecular weight excluding hydrogens is 452 g/mol. The van der Waals surface area contributed by atoms with Gasteiger partial charge in [0.15, 0.2) is 5.82 Å². The number of nitrogens with one attached hydrogen (secondary N) is 2. The van der Waals surface area contributed by atoms with Gasteiger partial charge in [0.1, 0.15) is 12.2 Å². The molecule has 0 radical (unpaired) electrons. The molecule has 0 unspecified atom stereocenters. The van der Waals surface area contributed by atoms with E-state index in [1.54, 1.807) is 7.05 Å². The molecule has 3 N–H and O–H groups in total. The summed E-state index contributed by atoms with van der Waals surface area (Å²) in [6.07, 6.45) is 0.668. The summed E-state index contributed by atoms with van der Waals surface area (Å²) >= 11 is 0. The number of amides is 2. The standard InChI is InChI=1S/C25H26N4O6/c1-29-14-20(24(32)26-11-13-34-12-10-22(30)31)23(28-29)27-25(33)35-15-21-18-8-4-2-6-16(18)17-7-3-5-9-19(17)21/h2-9,14,21H,10-13,15H2,1H3,(H,26,32)(H,30,31)(H,27,28,33). The number of benzene rings is 2. The molecule has 0 saturated heterocycles. The zero-order valence-electron chi connectivity index (χ0n) is 19.2. The first-order valence-electron chi connectivity index (χ1n) is 11.2. The largest absolute Gasteiger partial charge is 0.481 e. The maximum atomic E-state index is 12.6. The second kappa shape index (κ2) is 10.8. The molecule has 1 aliphatic carbocycles. The van der Waals surface area contributed by atoms with E-state index in [1.807, 2.05) is 36.4 Å². The number of rotatable bonds is 10. The molecule has 0 aliphatic heterocycles. The number of carboxylic acids is 1. The number of hydrogen-bond donors (Lipinski definition) is 3. The molecule has 3 aromatic rings. The van der Waals surface area contributed by atoms with Crippen molar-refractivity contribution in [3.63, 3.8) is 0 Å². The molecule has 2 aromatic carbocycles. The van der Waals surface area contributed by atoms with Crippen LogP contribution in [0.3, 0.4) is 0 Å². The quantitative estimate of drug-likeness (QED) is 0.382. The van der Waals surface area contributed by atoms with Gasteiger partial charge in [-0.2, -0.15) is 5.10 Å². The molecule has 0 fully saturated rings. The third kappa shape index (κ3) is 5.67. The van der Waals surface area contributed by atoms with Crippen LogP contribution in [0.4, 0.5) is 10.6 Å². The maximum Gasteiger partial charge on any atom is 0.412 e. The molecule has 1 aromatic heterocycles. The summed E-state index contributed by atoms with van der Waals surface area (Å²) < 4.78 is 12.1. The van der Waals surface area contributed by atoms with Gasteiger partial charge in [0.2, 0.25) is 0 Å². The Kier molecular flexibility index (Phi) is 7.41. The highest BCUT2D eigenvalue weighted by Crippen LogP contribution is 2.44. The molecule has 1 heterocycles. The maximum absolute atomic E-state index is 12.6. The number of anilines is 1. The van der Waals surface area contributed by atoms with E-state index in [-0.39, 0.29) is 50.1 Å². The fourth-order valence-corrected chi connectivity index (χ4v) is 4.07. The van der Waals surface area contributed by atoms with Crippen molar-refractivity contribution in [2.24, 2.45) is 7.05 Å². The topological polar surface area (TPSA) is 132 Å². The second-order valence-corrected chi connectivity index (χ2v) is 8.03. The Morgan fingerprint density at radius 3 is 2.34 bits per heavy atom. The second-order valence-electron chi connectivity index (χ2n) is 8.03. The number of aryl methyl sites for hydroxylation is 1. The lowest BCUT2D eigenvalue weighted by atomic mass is 9.98. The minimum atomic E-state index is -0.951. The van der Waals surface area contributed by atoms with Gasteiger partial charge in [0.25, 0.3) is 5.91 Å². The van der Waals surface area contributed by atoms with E-state index in [2.05, 4.69) is 27.9 Å². The summed E-state index contributed by atoms with van der Waals surface area (Å²) in [5, 5.41) is 18.0. The van der Waals surface area contributed by atoms with E-state index in [4.69, 9.17) is 14.6 Å². The Morgan fingerprint density at radius 1 is 1.03 bits per heavy atom. The van der Waals surface area contributed by atoms with Gasteiger partial charge in [0, 0.05) is 25.7 Å². The van der Waals surface area contributed by atoms with Gasteiger partial charge in [0.05, 0.1) is 19.6 Å². The highest BCUT2D eigenvalue weighted by molar-refractivity contribution is 6.01. The number of nitrogens with zero attached hydrogens (tertiary/aromatic N) is 2. The van der Waals surface area contributed by atoms with Gasteiger partial charge in [-0.1, -0.05) is 48.5 Å². The van der Waals surface area contributed by atoms with Crippen molar-refractivity contribution in [2.75, 3.05) is 31.7 Å². The van der Waals surface area contributed by atoms with Crippen LogP contribution in [0, 0.1) is 0 Å². The lowest BCUT2D eigenvalue weighted by Gasteiger charge is -2.14. The molecule has 35 heavy (non-hydrogen) atoms. The number of hydrogen-bond acceptors (Lipinski definition) is 6. The van der Waals surface area contributed by atoms with Crippen molar-refractivity contribution in [1.29, 1.82) is 0 Å². The summed E-state index contributed by atoms with van der Waals surface area (Å²) in [5.41, 5.74) is 4.64. The van der Waals surface area contributed by atoms with Gasteiger partial charge in [-0.05, 0) is 22.3 Å². The molecule has 0 atom stereocenters. The lowest BCUT2D eigenvalue weighted by molar-refractivity contribution is -0.138. The molecule has 2 amide bonds. The minimum absolute atomic E-state index is 0.0622. The van der Waals surface area contributed by atoms with E-state index in [0.29, 0.717) is 0 Å². The van der Waals surface area contributed by atoms with Crippen molar-refractivity contribution >= 4 is 23.8 Å². The van der Waals surface area contributed by atoms with E-state index >= 15 is 0 Å². The van der Waals surface area contributed by atoms with Gasteiger partial charge < -0.3 is 19.9 Å². The average Bonchev–Trinajstić information content (AvgIpc) is 3.37. The number of aliphatic carboxylic acids is 1. The number of carboxylic acid groups (broad SMARTS) is 1. The van der Waals surface area contributed by atoms with Crippen LogP contribution in [-0.4, -0.2) is 59.2 Å². The summed E-state index contributed by atoms with van der Waals surface area (Å²) in [6.45, 7) is 0.542. The van der Waals surface area contributed by atoms with E-state index < -0.39 is 18.0 Å². The third-order valence-electron chi connectivity index (χ3n) is 5.63. The van der Waals surface area contributed by atoms with Gasteiger partial charge >= 0.3 is 12.1 Å². The Bertz CT molecular complexity index is 1190. The normalized spacial score (nSPS) is 12.0. The van der Waals surface area contributed by atoms with Crippen LogP contribution in [0.15, 0.2) is 54.7 Å². The number of carbonyl (C=O) groups excluding carboxylic acids is 2. The third-order valence-corrected chi connectivity index (χ3v) is 5.63. The molecule has 0 saturated carbocycles. The van der Waals surface area contributed by atoms with Crippen molar-refractivity contribution < 1.29 is 29.0 Å². The molecule has 0 spiro atoms. The predicted molar refractivity (Wildman–Crippen MR) is 127 cm³/mol. The number of fused-ring (bicyclic) bond motifs is 3. The van der Waals surface area contributed by atoms with Crippen molar-refractivity contribution in [3.05, 3.63) is 71.4 Å². The molecule has 10 heteroatoms. The van der Waals surface area contributed by atoms with Crippen molar-refractivity contribution in [3.8, 4) is 11.1 Å². The molecule has 10 nitrogen and oxygen atoms in total. The number of carbonyl (C=O) groups is 3. The van der Waals surface area contributed by atoms with Crippen LogP contribution in [0.25, 0.3) is 11.1 Å². The predicted octanol–water partition coefficient (Wildman–Crippen LogP) is 3.00. The molecule has 0 bridgehead atoms. The van der Waals surface area contributed by atoms with Gasteiger partial charge in [-0.3, -0.25) is 19.6 Å². The van der Waals surface area contributed by atoms with Crippen LogP contribution in [0.5, 0.6) is 0 Å². The molecule has 182 valence electrons. The van der Waals surface area contributed by atoms with Crippen LogP contribution in [0.2, 0.25) is 0 Å². The van der Waals surface area contributed by atoms with Crippen molar-refractivity contribution in [2.45, 2.75) is 12.3 Å². The van der Waals surface area contributed by atoms with Gasteiger partial charge in [-0.25, -0.2) is 4.79 Å². The fraction of sp³-hybridized carbons (Fsp3) is 0.280. The van der Waals surface area contributed by atoms with Crippen LogP contribution in [-0.2, 0) is 21.3 Å². The van der Waals surface area contributed by atoms with Gasteiger partial charge in [-0.15, -0.1) is 0 Å². The zero-order chi connectivity index (χ0) is 24.8. The molecule has 1 aliphatic rings. The monoisotopic (exact) mass is 478 g/mol. The number of aromatic nitrogens is 2. The Labute approximate surface area is 201 Å². The zero-order valence-corrected chi connectivity index (χ0v) is 19.2.